The van der Waals surface area contributed by atoms with E-state index in [1.165, 1.54) is 16.7 Å². The molecule has 0 fully saturated rings. The molecule has 0 saturated carbocycles. The van der Waals surface area contributed by atoms with Gasteiger partial charge in [0.15, 0.2) is 5.78 Å². The highest BCUT2D eigenvalue weighted by Crippen LogP contribution is 2.45. The fourth-order valence-corrected chi connectivity index (χ4v) is 6.11. The number of hydrogen-bond acceptors (Lipinski definition) is 1. The van der Waals surface area contributed by atoms with Crippen LogP contribution in [-0.4, -0.2) is 10.4 Å². The molecule has 0 spiro atoms. The van der Waals surface area contributed by atoms with Crippen molar-refractivity contribution in [3.8, 4) is 0 Å². The number of carbonyl (C=O) groups is 1. The molecular weight excluding hydrogens is 462 g/mol. The van der Waals surface area contributed by atoms with Crippen LogP contribution in [0.5, 0.6) is 0 Å². The highest BCUT2D eigenvalue weighted by Gasteiger charge is 2.45. The van der Waals surface area contributed by atoms with Gasteiger partial charge in [0.1, 0.15) is 0 Å². The Morgan fingerprint density at radius 2 is 1.28 bits per heavy atom. The summed E-state index contributed by atoms with van der Waals surface area (Å²) in [6.45, 7) is 0.660. The maximum absolute atomic E-state index is 14.8. The Balaban J connectivity index is 1.52. The van der Waals surface area contributed by atoms with Crippen molar-refractivity contribution in [1.29, 1.82) is 0 Å². The minimum absolute atomic E-state index is 0.250. The maximum Gasteiger partial charge on any atom is 0.186 e. The largest absolute Gasteiger partial charge is 0.333 e. The van der Waals surface area contributed by atoms with Gasteiger partial charge in [0, 0.05) is 27.9 Å². The van der Waals surface area contributed by atoms with Crippen LogP contribution < -0.4 is 0 Å². The molecule has 2 nitrogen and oxygen atoms in total. The lowest BCUT2D eigenvalue weighted by atomic mass is 9.65. The SMILES string of the molecule is O=C1c2c(c3cc(Cl)ccc3n2Cc2ccccc2)CCC1(Cc1ccccc1)Cc1ccccc1. The number of benzene rings is 4. The Labute approximate surface area is 217 Å². The standard InChI is InChI=1S/C33H28ClNO/c34-27-16-17-30-29(20-27)28-18-19-33(21-24-10-4-1-5-11-24,22-25-12-6-2-7-13-25)32(36)31(28)35(30)23-26-14-8-3-9-15-26/h1-17,20H,18-19,21-23H2. The van der Waals surface area contributed by atoms with E-state index in [0.29, 0.717) is 11.6 Å². The first-order valence-corrected chi connectivity index (χ1v) is 13.0. The molecule has 1 aliphatic rings. The van der Waals surface area contributed by atoms with Crippen molar-refractivity contribution in [2.24, 2.45) is 5.41 Å². The van der Waals surface area contributed by atoms with Crippen LogP contribution in [0.25, 0.3) is 10.9 Å². The van der Waals surface area contributed by atoms with E-state index >= 15 is 0 Å². The Kier molecular flexibility index (Phi) is 5.99. The van der Waals surface area contributed by atoms with Gasteiger partial charge >= 0.3 is 0 Å². The number of aryl methyl sites for hydroxylation is 1. The van der Waals surface area contributed by atoms with Crippen LogP contribution in [0, 0.1) is 5.41 Å². The minimum Gasteiger partial charge on any atom is -0.333 e. The molecule has 0 saturated heterocycles. The summed E-state index contributed by atoms with van der Waals surface area (Å²) >= 11 is 6.44. The lowest BCUT2D eigenvalue weighted by Crippen LogP contribution is -2.41. The number of fused-ring (bicyclic) bond motifs is 3. The third-order valence-electron chi connectivity index (χ3n) is 7.63. The number of ketones is 1. The molecule has 36 heavy (non-hydrogen) atoms. The van der Waals surface area contributed by atoms with Crippen molar-refractivity contribution in [3.63, 3.8) is 0 Å². The molecule has 178 valence electrons. The van der Waals surface area contributed by atoms with Crippen molar-refractivity contribution >= 4 is 28.3 Å². The van der Waals surface area contributed by atoms with Gasteiger partial charge in [-0.25, -0.2) is 0 Å². The molecule has 0 atom stereocenters. The van der Waals surface area contributed by atoms with Crippen LogP contribution in [-0.2, 0) is 25.8 Å². The second-order valence-corrected chi connectivity index (χ2v) is 10.4. The zero-order valence-electron chi connectivity index (χ0n) is 20.2. The Hall–Kier alpha value is -3.62. The molecule has 0 aliphatic heterocycles. The van der Waals surface area contributed by atoms with Gasteiger partial charge in [-0.3, -0.25) is 4.79 Å². The molecule has 6 rings (SSSR count). The summed E-state index contributed by atoms with van der Waals surface area (Å²) < 4.78 is 2.24. The number of carbonyl (C=O) groups excluding carboxylic acids is 1. The normalized spacial score (nSPS) is 14.6. The van der Waals surface area contributed by atoms with Gasteiger partial charge in [-0.2, -0.15) is 0 Å². The monoisotopic (exact) mass is 489 g/mol. The third-order valence-corrected chi connectivity index (χ3v) is 7.87. The van der Waals surface area contributed by atoms with Crippen molar-refractivity contribution in [3.05, 3.63) is 142 Å². The van der Waals surface area contributed by atoms with E-state index in [2.05, 4.69) is 83.4 Å². The number of rotatable bonds is 6. The van der Waals surface area contributed by atoms with Crippen molar-refractivity contribution in [2.45, 2.75) is 32.2 Å². The highest BCUT2D eigenvalue weighted by molar-refractivity contribution is 6.31. The van der Waals surface area contributed by atoms with E-state index < -0.39 is 5.41 Å². The van der Waals surface area contributed by atoms with E-state index in [0.717, 1.165) is 47.8 Å². The first-order valence-electron chi connectivity index (χ1n) is 12.6. The van der Waals surface area contributed by atoms with Crippen LogP contribution in [0.3, 0.4) is 0 Å². The third kappa shape index (κ3) is 4.16. The van der Waals surface area contributed by atoms with Gasteiger partial charge in [-0.05, 0) is 66.1 Å². The van der Waals surface area contributed by atoms with Crippen LogP contribution >= 0.6 is 11.6 Å². The molecular formula is C33H28ClNO. The Morgan fingerprint density at radius 3 is 1.86 bits per heavy atom. The number of aromatic nitrogens is 1. The first-order chi connectivity index (χ1) is 17.6. The smallest absolute Gasteiger partial charge is 0.186 e. The molecule has 4 aromatic carbocycles. The zero-order chi connectivity index (χ0) is 24.5. The first kappa shape index (κ1) is 22.8. The van der Waals surface area contributed by atoms with E-state index in [9.17, 15) is 4.79 Å². The Morgan fingerprint density at radius 1 is 0.722 bits per heavy atom. The average molecular weight is 490 g/mol. The van der Waals surface area contributed by atoms with E-state index in [1.807, 2.05) is 30.3 Å². The van der Waals surface area contributed by atoms with Crippen molar-refractivity contribution in [1.82, 2.24) is 4.57 Å². The molecule has 3 heteroatoms. The summed E-state index contributed by atoms with van der Waals surface area (Å²) in [7, 11) is 0. The van der Waals surface area contributed by atoms with Gasteiger partial charge in [0.25, 0.3) is 0 Å². The van der Waals surface area contributed by atoms with Crippen LogP contribution in [0.4, 0.5) is 0 Å². The predicted molar refractivity (Wildman–Crippen MR) is 148 cm³/mol. The molecule has 1 heterocycles. The topological polar surface area (TPSA) is 22.0 Å². The molecule has 0 bridgehead atoms. The van der Waals surface area contributed by atoms with Gasteiger partial charge in [0.2, 0.25) is 0 Å². The Bertz CT molecular complexity index is 1480. The van der Waals surface area contributed by atoms with Crippen LogP contribution in [0.2, 0.25) is 5.02 Å². The van der Waals surface area contributed by atoms with Gasteiger partial charge < -0.3 is 4.57 Å². The molecule has 0 radical (unpaired) electrons. The molecule has 5 aromatic rings. The van der Waals surface area contributed by atoms with Gasteiger partial charge in [-0.1, -0.05) is 103 Å². The fourth-order valence-electron chi connectivity index (χ4n) is 5.94. The molecule has 0 N–H and O–H groups in total. The van der Waals surface area contributed by atoms with Gasteiger partial charge in [0.05, 0.1) is 5.69 Å². The van der Waals surface area contributed by atoms with Gasteiger partial charge in [-0.15, -0.1) is 0 Å². The highest BCUT2D eigenvalue weighted by atomic mass is 35.5. The van der Waals surface area contributed by atoms with E-state index in [-0.39, 0.29) is 5.78 Å². The summed E-state index contributed by atoms with van der Waals surface area (Å²) in [5.41, 5.74) is 6.18. The molecule has 0 unspecified atom stereocenters. The molecule has 1 aliphatic carbocycles. The summed E-state index contributed by atoms with van der Waals surface area (Å²) in [6.07, 6.45) is 3.14. The summed E-state index contributed by atoms with van der Waals surface area (Å²) in [6, 6.07) is 37.4. The summed E-state index contributed by atoms with van der Waals surface area (Å²) in [4.78, 5) is 14.8. The number of nitrogens with zero attached hydrogens (tertiary/aromatic N) is 1. The van der Waals surface area contributed by atoms with E-state index in [1.54, 1.807) is 0 Å². The predicted octanol–water partition coefficient (Wildman–Crippen LogP) is 7.94. The van der Waals surface area contributed by atoms with Crippen molar-refractivity contribution in [2.75, 3.05) is 0 Å². The van der Waals surface area contributed by atoms with Crippen LogP contribution in [0.1, 0.15) is 39.2 Å². The lowest BCUT2D eigenvalue weighted by Gasteiger charge is -2.37. The average Bonchev–Trinajstić information content (AvgIpc) is 3.21. The van der Waals surface area contributed by atoms with Crippen LogP contribution in [0.15, 0.2) is 109 Å². The molecule has 1 aromatic heterocycles. The number of halogens is 1. The fraction of sp³-hybridized carbons (Fsp3) is 0.182. The molecule has 0 amide bonds. The summed E-state index contributed by atoms with van der Waals surface area (Å²) in [5.74, 6) is 0.250. The number of Topliss-reactive ketones (excluding diaryl/α,β-unsaturated/α-hetero) is 1. The summed E-state index contributed by atoms with van der Waals surface area (Å²) in [5, 5.41) is 1.81. The maximum atomic E-state index is 14.8. The van der Waals surface area contributed by atoms with E-state index in [4.69, 9.17) is 11.6 Å². The second kappa shape index (κ2) is 9.44. The lowest BCUT2D eigenvalue weighted by molar-refractivity contribution is 0.0743. The quantitative estimate of drug-likeness (QED) is 0.237. The van der Waals surface area contributed by atoms with Crippen molar-refractivity contribution < 1.29 is 4.79 Å². The zero-order valence-corrected chi connectivity index (χ0v) is 20.9. The minimum atomic E-state index is -0.498. The second-order valence-electron chi connectivity index (χ2n) is 9.99. The number of hydrogen-bond donors (Lipinski definition) is 0.